The van der Waals surface area contributed by atoms with E-state index in [0.29, 0.717) is 33.5 Å². The van der Waals surface area contributed by atoms with E-state index in [1.807, 2.05) is 0 Å². The van der Waals surface area contributed by atoms with Gasteiger partial charge in [-0.3, -0.25) is 9.59 Å². The highest BCUT2D eigenvalue weighted by atomic mass is 32.2. The summed E-state index contributed by atoms with van der Waals surface area (Å²) in [5.41, 5.74) is 1.27. The predicted molar refractivity (Wildman–Crippen MR) is 107 cm³/mol. The number of ether oxygens (including phenoxy) is 1. The topological polar surface area (TPSA) is 86.1 Å². The number of rotatable bonds is 5. The molecule has 9 heteroatoms. The van der Waals surface area contributed by atoms with Gasteiger partial charge >= 0.3 is 0 Å². The number of carbonyl (C=O) groups excluding carboxylic acids is 2. The average molecular weight is 412 g/mol. The smallest absolute Gasteiger partial charge is 0.262 e. The molecule has 7 nitrogen and oxygen atoms in total. The van der Waals surface area contributed by atoms with Crippen LogP contribution in [0.4, 0.5) is 10.1 Å². The Morgan fingerprint density at radius 2 is 2.07 bits per heavy atom. The number of amides is 1. The highest BCUT2D eigenvalue weighted by molar-refractivity contribution is 8.00. The molecule has 0 spiro atoms. The number of anilines is 1. The lowest BCUT2D eigenvalue weighted by Crippen LogP contribution is -2.25. The van der Waals surface area contributed by atoms with Crippen LogP contribution in [-0.4, -0.2) is 38.3 Å². The van der Waals surface area contributed by atoms with Gasteiger partial charge in [-0.25, -0.2) is 4.39 Å². The van der Waals surface area contributed by atoms with Crippen LogP contribution in [0.2, 0.25) is 0 Å². The van der Waals surface area contributed by atoms with Gasteiger partial charge in [0, 0.05) is 12.6 Å². The minimum absolute atomic E-state index is 0.0386. The van der Waals surface area contributed by atoms with Gasteiger partial charge < -0.3 is 14.6 Å². The number of nitrogens with one attached hydrogen (secondary N) is 1. The fourth-order valence-corrected chi connectivity index (χ4v) is 3.87. The van der Waals surface area contributed by atoms with Crippen molar-refractivity contribution < 1.29 is 18.7 Å². The van der Waals surface area contributed by atoms with Crippen molar-refractivity contribution in [2.75, 3.05) is 11.9 Å². The number of nitrogens with zero attached hydrogens (tertiary/aromatic N) is 3. The first-order valence-electron chi connectivity index (χ1n) is 8.86. The normalized spacial score (nSPS) is 14.0. The number of ketones is 1. The molecule has 1 amide bonds. The molecule has 148 valence electrons. The van der Waals surface area contributed by atoms with E-state index in [1.165, 1.54) is 17.8 Å². The molecule has 4 rings (SSSR count). The van der Waals surface area contributed by atoms with Crippen molar-refractivity contribution in [1.29, 1.82) is 0 Å². The Hall–Kier alpha value is -3.20. The van der Waals surface area contributed by atoms with Crippen LogP contribution in [0, 0.1) is 5.82 Å². The third kappa shape index (κ3) is 3.73. The summed E-state index contributed by atoms with van der Waals surface area (Å²) < 4.78 is 21.0. The highest BCUT2D eigenvalue weighted by Crippen LogP contribution is 2.32. The summed E-state index contributed by atoms with van der Waals surface area (Å²) in [5.74, 6) is 0.141. The minimum Gasteiger partial charge on any atom is -0.482 e. The first kappa shape index (κ1) is 19.1. The molecule has 0 bridgehead atoms. The van der Waals surface area contributed by atoms with E-state index in [9.17, 15) is 14.0 Å². The first-order chi connectivity index (χ1) is 13.9. The van der Waals surface area contributed by atoms with Gasteiger partial charge in [0.15, 0.2) is 23.4 Å². The Morgan fingerprint density at radius 3 is 2.86 bits per heavy atom. The maximum Gasteiger partial charge on any atom is 0.262 e. The molecule has 1 unspecified atom stereocenters. The zero-order valence-corrected chi connectivity index (χ0v) is 16.5. The number of fused-ring (bicyclic) bond motifs is 1. The van der Waals surface area contributed by atoms with Gasteiger partial charge in [-0.15, -0.1) is 10.2 Å². The van der Waals surface area contributed by atoms with Crippen LogP contribution in [0.3, 0.4) is 0 Å². The summed E-state index contributed by atoms with van der Waals surface area (Å²) in [6.07, 6.45) is 0. The molecule has 1 atom stereocenters. The van der Waals surface area contributed by atoms with Crippen molar-refractivity contribution in [3.63, 3.8) is 0 Å². The van der Waals surface area contributed by atoms with Gasteiger partial charge in [0.1, 0.15) is 11.6 Å². The molecule has 0 radical (unpaired) electrons. The Labute approximate surface area is 170 Å². The fourth-order valence-electron chi connectivity index (χ4n) is 2.98. The van der Waals surface area contributed by atoms with E-state index in [-0.39, 0.29) is 24.1 Å². The molecular formula is C20H17FN4O3S. The zero-order valence-electron chi connectivity index (χ0n) is 15.7. The van der Waals surface area contributed by atoms with Gasteiger partial charge in [0.2, 0.25) is 0 Å². The third-order valence-electron chi connectivity index (χ3n) is 4.50. The van der Waals surface area contributed by atoms with Crippen LogP contribution < -0.4 is 10.1 Å². The Kier molecular flexibility index (Phi) is 5.06. The third-order valence-corrected chi connectivity index (χ3v) is 5.63. The largest absolute Gasteiger partial charge is 0.482 e. The van der Waals surface area contributed by atoms with Gasteiger partial charge in [0.05, 0.1) is 16.5 Å². The summed E-state index contributed by atoms with van der Waals surface area (Å²) in [7, 11) is 1.73. The van der Waals surface area contributed by atoms with Crippen LogP contribution in [-0.2, 0) is 11.8 Å². The maximum atomic E-state index is 14.1. The second kappa shape index (κ2) is 7.67. The second-order valence-corrected chi connectivity index (χ2v) is 7.83. The summed E-state index contributed by atoms with van der Waals surface area (Å²) in [5, 5.41) is 10.9. The summed E-state index contributed by atoms with van der Waals surface area (Å²) in [4.78, 5) is 24.4. The number of halogens is 1. The molecule has 0 saturated heterocycles. The van der Waals surface area contributed by atoms with Crippen LogP contribution in [0.15, 0.2) is 47.6 Å². The lowest BCUT2D eigenvalue weighted by molar-refractivity contribution is -0.118. The number of Topliss-reactive ketones (excluding diaryl/α,β-unsaturated/α-hetero) is 1. The highest BCUT2D eigenvalue weighted by Gasteiger charge is 2.23. The molecule has 1 aromatic heterocycles. The summed E-state index contributed by atoms with van der Waals surface area (Å²) in [6, 6.07) is 11.3. The molecule has 3 aromatic rings. The maximum absolute atomic E-state index is 14.1. The van der Waals surface area contributed by atoms with E-state index in [4.69, 9.17) is 4.74 Å². The Morgan fingerprint density at radius 1 is 1.28 bits per heavy atom. The summed E-state index contributed by atoms with van der Waals surface area (Å²) in [6.45, 7) is 1.72. The summed E-state index contributed by atoms with van der Waals surface area (Å²) >= 11 is 1.23. The molecule has 2 heterocycles. The lowest BCUT2D eigenvalue weighted by Gasteiger charge is -2.19. The fraction of sp³-hybridized carbons (Fsp3) is 0.200. The minimum atomic E-state index is -0.468. The Bertz CT molecular complexity index is 1110. The molecule has 0 fully saturated rings. The number of benzene rings is 2. The number of aromatic nitrogens is 3. The molecule has 1 aliphatic heterocycles. The van der Waals surface area contributed by atoms with Crippen molar-refractivity contribution >= 4 is 29.1 Å². The van der Waals surface area contributed by atoms with Gasteiger partial charge in [-0.05, 0) is 37.3 Å². The molecule has 1 aliphatic rings. The monoisotopic (exact) mass is 412 g/mol. The average Bonchev–Trinajstić information content (AvgIpc) is 3.07. The quantitative estimate of drug-likeness (QED) is 0.511. The molecule has 2 aromatic carbocycles. The van der Waals surface area contributed by atoms with Crippen molar-refractivity contribution in [3.05, 3.63) is 53.8 Å². The predicted octanol–water partition coefficient (Wildman–Crippen LogP) is 3.32. The van der Waals surface area contributed by atoms with Gasteiger partial charge in [-0.1, -0.05) is 23.9 Å². The number of hydrogen-bond acceptors (Lipinski definition) is 6. The van der Waals surface area contributed by atoms with E-state index < -0.39 is 5.25 Å². The van der Waals surface area contributed by atoms with E-state index in [1.54, 1.807) is 54.9 Å². The van der Waals surface area contributed by atoms with Crippen molar-refractivity contribution in [2.45, 2.75) is 17.3 Å². The van der Waals surface area contributed by atoms with Crippen LogP contribution in [0.25, 0.3) is 11.4 Å². The lowest BCUT2D eigenvalue weighted by atomic mass is 10.1. The SMILES string of the molecule is CC(Sc1nnc(-c2ccccc2F)n1C)C(=O)c1ccc2c(c1)NC(=O)CO2. The van der Waals surface area contributed by atoms with E-state index in [0.717, 1.165) is 0 Å². The van der Waals surface area contributed by atoms with Crippen LogP contribution in [0.5, 0.6) is 5.75 Å². The zero-order chi connectivity index (χ0) is 20.5. The number of thioether (sulfide) groups is 1. The number of carbonyl (C=O) groups is 2. The van der Waals surface area contributed by atoms with Crippen molar-refractivity contribution in [1.82, 2.24) is 14.8 Å². The van der Waals surface area contributed by atoms with Gasteiger partial charge in [-0.2, -0.15) is 0 Å². The standard InChI is InChI=1S/C20H17FN4O3S/c1-11(18(27)12-7-8-16-15(9-12)22-17(26)10-28-16)29-20-24-23-19(25(20)2)13-5-3-4-6-14(13)21/h3-9,11H,10H2,1-2H3,(H,22,26). The molecular weight excluding hydrogens is 395 g/mol. The second-order valence-electron chi connectivity index (χ2n) is 6.52. The molecule has 0 aliphatic carbocycles. The van der Waals surface area contributed by atoms with Crippen LogP contribution in [0.1, 0.15) is 17.3 Å². The molecule has 29 heavy (non-hydrogen) atoms. The van der Waals surface area contributed by atoms with Crippen molar-refractivity contribution in [2.24, 2.45) is 7.05 Å². The molecule has 0 saturated carbocycles. The molecule has 1 N–H and O–H groups in total. The number of hydrogen-bond donors (Lipinski definition) is 1. The van der Waals surface area contributed by atoms with Crippen LogP contribution >= 0.6 is 11.8 Å². The van der Waals surface area contributed by atoms with E-state index >= 15 is 0 Å². The van der Waals surface area contributed by atoms with Crippen molar-refractivity contribution in [3.8, 4) is 17.1 Å². The first-order valence-corrected chi connectivity index (χ1v) is 9.74. The van der Waals surface area contributed by atoms with E-state index in [2.05, 4.69) is 15.5 Å². The Balaban J connectivity index is 1.54. The van der Waals surface area contributed by atoms with Gasteiger partial charge in [0.25, 0.3) is 5.91 Å².